The topological polar surface area (TPSA) is 65.3 Å². The van der Waals surface area contributed by atoms with Crippen LogP contribution in [0.1, 0.15) is 31.2 Å². The van der Waals surface area contributed by atoms with Gasteiger partial charge in [-0.25, -0.2) is 0 Å². The van der Waals surface area contributed by atoms with E-state index in [0.717, 1.165) is 48.9 Å². The number of fused-ring (bicyclic) bond motifs is 2. The van der Waals surface area contributed by atoms with Crippen LogP contribution in [-0.4, -0.2) is 39.3 Å². The zero-order chi connectivity index (χ0) is 23.1. The standard InChI is InChI=1S/C24H30F3N5S/c25-24(26,27)16-11-19(30-9-2-8-29-10-7-28)22-21(12-16)33-20-13-17(3-4-18(20)31-22)32-14-23(15-32)5-1-6-23/h3-4,11-13,29-31H,1-2,5-10,14-15,28H2. The van der Waals surface area contributed by atoms with E-state index in [1.807, 2.05) is 6.07 Å². The van der Waals surface area contributed by atoms with E-state index in [1.54, 1.807) is 0 Å². The van der Waals surface area contributed by atoms with Crippen LogP contribution in [0.15, 0.2) is 40.1 Å². The van der Waals surface area contributed by atoms with Crippen LogP contribution >= 0.6 is 11.8 Å². The number of hydrogen-bond acceptors (Lipinski definition) is 6. The number of hydrogen-bond donors (Lipinski definition) is 4. The second-order valence-corrected chi connectivity index (χ2v) is 10.4. The quantitative estimate of drug-likeness (QED) is 0.332. The first-order valence-corrected chi connectivity index (χ1v) is 12.4. The van der Waals surface area contributed by atoms with Crippen molar-refractivity contribution < 1.29 is 13.2 Å². The first-order valence-electron chi connectivity index (χ1n) is 11.6. The second kappa shape index (κ2) is 8.92. The van der Waals surface area contributed by atoms with Crippen LogP contribution in [0.5, 0.6) is 0 Å². The third-order valence-electron chi connectivity index (χ3n) is 6.87. The summed E-state index contributed by atoms with van der Waals surface area (Å²) in [6, 6.07) is 8.73. The van der Waals surface area contributed by atoms with Crippen molar-refractivity contribution in [3.8, 4) is 0 Å². The lowest BCUT2D eigenvalue weighted by Crippen LogP contribution is -2.59. The van der Waals surface area contributed by atoms with E-state index in [2.05, 4.69) is 33.0 Å². The van der Waals surface area contributed by atoms with Crippen LogP contribution in [-0.2, 0) is 6.18 Å². The first-order chi connectivity index (χ1) is 15.9. The molecule has 0 atom stereocenters. The summed E-state index contributed by atoms with van der Waals surface area (Å²) in [6.45, 7) is 4.81. The molecule has 2 aliphatic heterocycles. The van der Waals surface area contributed by atoms with Crippen molar-refractivity contribution in [1.82, 2.24) is 5.32 Å². The van der Waals surface area contributed by atoms with Gasteiger partial charge >= 0.3 is 6.18 Å². The number of benzene rings is 2. The average molecular weight is 478 g/mol. The number of alkyl halides is 3. The number of nitrogens with two attached hydrogens (primary N) is 1. The van der Waals surface area contributed by atoms with Crippen molar-refractivity contribution in [3.63, 3.8) is 0 Å². The third kappa shape index (κ3) is 4.63. The molecule has 0 unspecified atom stereocenters. The minimum atomic E-state index is -4.40. The van der Waals surface area contributed by atoms with Crippen molar-refractivity contribution in [2.45, 2.75) is 41.7 Å². The summed E-state index contributed by atoms with van der Waals surface area (Å²) >= 11 is 1.41. The van der Waals surface area contributed by atoms with Gasteiger partial charge in [0.05, 0.1) is 22.6 Å². The van der Waals surface area contributed by atoms with E-state index in [-0.39, 0.29) is 0 Å². The van der Waals surface area contributed by atoms with E-state index < -0.39 is 11.7 Å². The zero-order valence-electron chi connectivity index (χ0n) is 18.5. The van der Waals surface area contributed by atoms with Crippen molar-refractivity contribution in [2.75, 3.05) is 54.8 Å². The summed E-state index contributed by atoms with van der Waals surface area (Å²) < 4.78 is 40.8. The molecule has 2 heterocycles. The fourth-order valence-corrected chi connectivity index (χ4v) is 5.97. The molecule has 0 bridgehead atoms. The molecular weight excluding hydrogens is 447 g/mol. The Morgan fingerprint density at radius 1 is 1.06 bits per heavy atom. The Labute approximate surface area is 196 Å². The molecule has 1 spiro atoms. The zero-order valence-corrected chi connectivity index (χ0v) is 19.3. The number of nitrogens with zero attached hydrogens (tertiary/aromatic N) is 1. The van der Waals surface area contributed by atoms with Crippen LogP contribution in [0.2, 0.25) is 0 Å². The third-order valence-corrected chi connectivity index (χ3v) is 7.97. The molecule has 2 aromatic carbocycles. The molecule has 9 heteroatoms. The maximum absolute atomic E-state index is 13.6. The molecule has 3 aliphatic rings. The SMILES string of the molecule is NCCNCCCNc1cc(C(F)(F)F)cc2c1Nc1ccc(N3CC4(CCC4)C3)cc1S2. The highest BCUT2D eigenvalue weighted by atomic mass is 32.2. The van der Waals surface area contributed by atoms with Gasteiger partial charge in [-0.15, -0.1) is 0 Å². The van der Waals surface area contributed by atoms with Gasteiger partial charge in [-0.3, -0.25) is 0 Å². The molecule has 2 aromatic rings. The van der Waals surface area contributed by atoms with E-state index in [1.165, 1.54) is 43.2 Å². The Kier molecular flexibility index (Phi) is 6.13. The lowest BCUT2D eigenvalue weighted by molar-refractivity contribution is -0.137. The maximum Gasteiger partial charge on any atom is 0.416 e. The molecule has 0 radical (unpaired) electrons. The Morgan fingerprint density at radius 2 is 1.88 bits per heavy atom. The van der Waals surface area contributed by atoms with Crippen molar-refractivity contribution in [1.29, 1.82) is 0 Å². The molecule has 5 rings (SSSR count). The number of halogens is 3. The summed E-state index contributed by atoms with van der Waals surface area (Å²) in [6.07, 6.45) is 0.353. The van der Waals surface area contributed by atoms with Gasteiger partial charge < -0.3 is 26.6 Å². The van der Waals surface area contributed by atoms with Crippen LogP contribution in [0, 0.1) is 5.41 Å². The van der Waals surface area contributed by atoms with Crippen LogP contribution in [0.3, 0.4) is 0 Å². The van der Waals surface area contributed by atoms with Crippen LogP contribution in [0.25, 0.3) is 0 Å². The van der Waals surface area contributed by atoms with Crippen LogP contribution in [0.4, 0.5) is 35.9 Å². The predicted molar refractivity (Wildman–Crippen MR) is 129 cm³/mol. The molecule has 1 saturated heterocycles. The fourth-order valence-electron chi connectivity index (χ4n) is 4.88. The molecule has 1 aliphatic carbocycles. The maximum atomic E-state index is 13.6. The molecular formula is C24H30F3N5S. The number of nitrogens with one attached hydrogen (secondary N) is 3. The van der Waals surface area contributed by atoms with Crippen molar-refractivity contribution >= 4 is 34.5 Å². The first kappa shape index (κ1) is 22.7. The van der Waals surface area contributed by atoms with E-state index in [4.69, 9.17) is 5.73 Å². The summed E-state index contributed by atoms with van der Waals surface area (Å²) in [7, 11) is 0. The van der Waals surface area contributed by atoms with E-state index >= 15 is 0 Å². The predicted octanol–water partition coefficient (Wildman–Crippen LogP) is 5.25. The Morgan fingerprint density at radius 3 is 2.58 bits per heavy atom. The Bertz CT molecular complexity index is 1010. The fraction of sp³-hybridized carbons (Fsp3) is 0.500. The highest BCUT2D eigenvalue weighted by Gasteiger charge is 2.47. The van der Waals surface area contributed by atoms with E-state index in [0.29, 0.717) is 34.8 Å². The molecule has 178 valence electrons. The number of rotatable bonds is 8. The van der Waals surface area contributed by atoms with Gasteiger partial charge in [0.2, 0.25) is 0 Å². The molecule has 0 aromatic heterocycles. The van der Waals surface area contributed by atoms with Gasteiger partial charge in [-0.1, -0.05) is 18.2 Å². The Balaban J connectivity index is 1.34. The minimum Gasteiger partial charge on any atom is -0.383 e. The minimum absolute atomic E-state index is 0.482. The number of anilines is 4. The summed E-state index contributed by atoms with van der Waals surface area (Å²) in [5, 5.41) is 9.80. The molecule has 33 heavy (non-hydrogen) atoms. The van der Waals surface area contributed by atoms with Crippen molar-refractivity contribution in [2.24, 2.45) is 11.1 Å². The van der Waals surface area contributed by atoms with Gasteiger partial charge in [0, 0.05) is 53.6 Å². The molecule has 2 fully saturated rings. The molecule has 5 nitrogen and oxygen atoms in total. The highest BCUT2D eigenvalue weighted by molar-refractivity contribution is 7.99. The monoisotopic (exact) mass is 477 g/mol. The van der Waals surface area contributed by atoms with Crippen LogP contribution < -0.4 is 26.6 Å². The van der Waals surface area contributed by atoms with Gasteiger partial charge in [0.15, 0.2) is 0 Å². The van der Waals surface area contributed by atoms with Crippen molar-refractivity contribution in [3.05, 3.63) is 35.9 Å². The second-order valence-electron chi connectivity index (χ2n) is 9.33. The van der Waals surface area contributed by atoms with Gasteiger partial charge in [-0.2, -0.15) is 13.2 Å². The lowest BCUT2D eigenvalue weighted by Gasteiger charge is -2.57. The smallest absolute Gasteiger partial charge is 0.383 e. The molecule has 5 N–H and O–H groups in total. The average Bonchev–Trinajstić information content (AvgIpc) is 2.72. The Hall–Kier alpha value is -2.10. The molecule has 0 amide bonds. The normalized spacial score (nSPS) is 18.1. The van der Waals surface area contributed by atoms with E-state index in [9.17, 15) is 13.2 Å². The summed E-state index contributed by atoms with van der Waals surface area (Å²) in [5.41, 5.74) is 8.64. The van der Waals surface area contributed by atoms with Gasteiger partial charge in [-0.05, 0) is 56.1 Å². The lowest BCUT2D eigenvalue weighted by atomic mass is 9.63. The summed E-state index contributed by atoms with van der Waals surface area (Å²) in [4.78, 5) is 3.94. The molecule has 1 saturated carbocycles. The highest BCUT2D eigenvalue weighted by Crippen LogP contribution is 2.53. The van der Waals surface area contributed by atoms with Gasteiger partial charge in [0.25, 0.3) is 0 Å². The summed E-state index contributed by atoms with van der Waals surface area (Å²) in [5.74, 6) is 0. The van der Waals surface area contributed by atoms with Gasteiger partial charge in [0.1, 0.15) is 0 Å². The largest absolute Gasteiger partial charge is 0.416 e.